The first-order chi connectivity index (χ1) is 14.7. The quantitative estimate of drug-likeness (QED) is 0.204. The molecule has 4 nitrogen and oxygen atoms in total. The van der Waals surface area contributed by atoms with Gasteiger partial charge in [-0.3, -0.25) is 9.59 Å². The molecular formula is C26H35NO3. The number of carbonyl (C=O) groups is 2. The molecule has 0 aliphatic rings. The molecule has 0 unspecified atom stereocenters. The van der Waals surface area contributed by atoms with Gasteiger partial charge in [-0.25, -0.2) is 0 Å². The number of ketones is 1. The average molecular weight is 410 g/mol. The number of hydrogen-bond donors (Lipinski definition) is 1. The molecule has 0 aliphatic carbocycles. The van der Waals surface area contributed by atoms with E-state index in [1.807, 2.05) is 36.4 Å². The lowest BCUT2D eigenvalue weighted by Gasteiger charge is -2.08. The van der Waals surface area contributed by atoms with Crippen LogP contribution in [0.5, 0.6) is 5.75 Å². The molecule has 0 fully saturated rings. The summed E-state index contributed by atoms with van der Waals surface area (Å²) >= 11 is 0. The van der Waals surface area contributed by atoms with Crippen LogP contribution < -0.4 is 10.1 Å². The molecule has 0 radical (unpaired) electrons. The minimum atomic E-state index is 0.0884. The third kappa shape index (κ3) is 9.25. The van der Waals surface area contributed by atoms with Crippen LogP contribution in [-0.4, -0.2) is 25.3 Å². The monoisotopic (exact) mass is 409 g/mol. The molecule has 2 rings (SSSR count). The standard InChI is InChI=1S/C26H35NO3/c1-22(29)23-11-13-24(14-12-23)25-15-17-26(18-16-25)30-20-10-8-6-4-2-3-5-7-9-19-27-21-28/h11-18,21H,2-10,19-20H2,1H3,(H,27,28). The van der Waals surface area contributed by atoms with Gasteiger partial charge in [-0.2, -0.15) is 0 Å². The van der Waals surface area contributed by atoms with Crippen molar-refractivity contribution in [2.75, 3.05) is 13.2 Å². The molecular weight excluding hydrogens is 374 g/mol. The van der Waals surface area contributed by atoms with Gasteiger partial charge >= 0.3 is 0 Å². The van der Waals surface area contributed by atoms with Crippen molar-refractivity contribution in [2.45, 2.75) is 64.7 Å². The van der Waals surface area contributed by atoms with Gasteiger partial charge in [0, 0.05) is 12.1 Å². The lowest BCUT2D eigenvalue weighted by Crippen LogP contribution is -2.11. The van der Waals surface area contributed by atoms with Crippen molar-refractivity contribution in [3.63, 3.8) is 0 Å². The maximum Gasteiger partial charge on any atom is 0.207 e. The van der Waals surface area contributed by atoms with E-state index >= 15 is 0 Å². The van der Waals surface area contributed by atoms with Gasteiger partial charge in [0.2, 0.25) is 6.41 Å². The molecule has 0 aliphatic heterocycles. The number of benzene rings is 2. The molecule has 0 atom stereocenters. The Labute approximate surface area is 181 Å². The van der Waals surface area contributed by atoms with Crippen LogP contribution in [0.1, 0.15) is 75.1 Å². The van der Waals surface area contributed by atoms with Crippen LogP contribution in [0.2, 0.25) is 0 Å². The van der Waals surface area contributed by atoms with Crippen molar-refractivity contribution in [3.8, 4) is 16.9 Å². The third-order valence-corrected chi connectivity index (χ3v) is 5.30. The molecule has 0 bridgehead atoms. The van der Waals surface area contributed by atoms with Gasteiger partial charge in [-0.1, -0.05) is 81.3 Å². The van der Waals surface area contributed by atoms with E-state index in [-0.39, 0.29) is 5.78 Å². The minimum absolute atomic E-state index is 0.0884. The first-order valence-electron chi connectivity index (χ1n) is 11.2. The molecule has 2 aromatic rings. The molecule has 30 heavy (non-hydrogen) atoms. The highest BCUT2D eigenvalue weighted by Crippen LogP contribution is 2.23. The van der Waals surface area contributed by atoms with Gasteiger partial charge in [-0.15, -0.1) is 0 Å². The Morgan fingerprint density at radius 2 is 1.27 bits per heavy atom. The number of rotatable bonds is 16. The van der Waals surface area contributed by atoms with E-state index in [4.69, 9.17) is 4.74 Å². The van der Waals surface area contributed by atoms with Crippen molar-refractivity contribution >= 4 is 12.2 Å². The predicted molar refractivity (Wildman–Crippen MR) is 123 cm³/mol. The zero-order chi connectivity index (χ0) is 21.4. The van der Waals surface area contributed by atoms with E-state index in [1.165, 1.54) is 44.9 Å². The van der Waals surface area contributed by atoms with Crippen LogP contribution in [0.4, 0.5) is 0 Å². The van der Waals surface area contributed by atoms with Crippen molar-refractivity contribution < 1.29 is 14.3 Å². The van der Waals surface area contributed by atoms with E-state index in [9.17, 15) is 9.59 Å². The molecule has 1 N–H and O–H groups in total. The third-order valence-electron chi connectivity index (χ3n) is 5.30. The van der Waals surface area contributed by atoms with Gasteiger partial charge in [0.15, 0.2) is 5.78 Å². The Hall–Kier alpha value is -2.62. The van der Waals surface area contributed by atoms with Gasteiger partial charge in [0.05, 0.1) is 6.61 Å². The van der Waals surface area contributed by atoms with Crippen LogP contribution in [0, 0.1) is 0 Å². The highest BCUT2D eigenvalue weighted by molar-refractivity contribution is 5.94. The smallest absolute Gasteiger partial charge is 0.207 e. The number of amides is 1. The summed E-state index contributed by atoms with van der Waals surface area (Å²) in [6.07, 6.45) is 11.8. The summed E-state index contributed by atoms with van der Waals surface area (Å²) in [6, 6.07) is 15.9. The number of nitrogens with one attached hydrogen (secondary N) is 1. The molecule has 2 aromatic carbocycles. The SMILES string of the molecule is CC(=O)c1ccc(-c2ccc(OCCCCCCCCCCCNC=O)cc2)cc1. The van der Waals surface area contributed by atoms with Crippen LogP contribution in [0.3, 0.4) is 0 Å². The van der Waals surface area contributed by atoms with Crippen LogP contribution in [0.15, 0.2) is 48.5 Å². The van der Waals surface area contributed by atoms with E-state index < -0.39 is 0 Å². The van der Waals surface area contributed by atoms with Crippen LogP contribution >= 0.6 is 0 Å². The van der Waals surface area contributed by atoms with Gasteiger partial charge in [-0.05, 0) is 43.0 Å². The minimum Gasteiger partial charge on any atom is -0.494 e. The van der Waals surface area contributed by atoms with Crippen LogP contribution in [0.25, 0.3) is 11.1 Å². The summed E-state index contributed by atoms with van der Waals surface area (Å²) in [7, 11) is 0. The van der Waals surface area contributed by atoms with Crippen molar-refractivity contribution in [3.05, 3.63) is 54.1 Å². The molecule has 0 spiro atoms. The summed E-state index contributed by atoms with van der Waals surface area (Å²) < 4.78 is 5.86. The molecule has 0 saturated carbocycles. The Morgan fingerprint density at radius 3 is 1.80 bits per heavy atom. The summed E-state index contributed by atoms with van der Waals surface area (Å²) in [5, 5.41) is 2.70. The van der Waals surface area contributed by atoms with Crippen molar-refractivity contribution in [1.29, 1.82) is 0 Å². The zero-order valence-electron chi connectivity index (χ0n) is 18.2. The second kappa shape index (κ2) is 14.4. The van der Waals surface area contributed by atoms with Crippen molar-refractivity contribution in [1.82, 2.24) is 5.32 Å². The highest BCUT2D eigenvalue weighted by Gasteiger charge is 2.02. The molecule has 1 amide bonds. The number of hydrogen-bond acceptors (Lipinski definition) is 3. The number of Topliss-reactive ketones (excluding diaryl/α,β-unsaturated/α-hetero) is 1. The first kappa shape index (κ1) is 23.7. The lowest BCUT2D eigenvalue weighted by molar-refractivity contribution is -0.109. The molecule has 0 heterocycles. The molecule has 0 saturated heterocycles. The topological polar surface area (TPSA) is 55.4 Å². The van der Waals surface area contributed by atoms with Gasteiger partial charge in [0.1, 0.15) is 5.75 Å². The Balaban J connectivity index is 1.52. The zero-order valence-corrected chi connectivity index (χ0v) is 18.2. The van der Waals surface area contributed by atoms with Crippen LogP contribution in [-0.2, 0) is 4.79 Å². The first-order valence-corrected chi connectivity index (χ1v) is 11.2. The average Bonchev–Trinajstić information content (AvgIpc) is 2.77. The van der Waals surface area contributed by atoms with E-state index in [1.54, 1.807) is 6.92 Å². The molecule has 0 aromatic heterocycles. The second-order valence-corrected chi connectivity index (χ2v) is 7.76. The maximum atomic E-state index is 11.4. The fourth-order valence-corrected chi connectivity index (χ4v) is 3.46. The summed E-state index contributed by atoms with van der Waals surface area (Å²) in [4.78, 5) is 21.5. The van der Waals surface area contributed by atoms with E-state index in [0.717, 1.165) is 54.8 Å². The second-order valence-electron chi connectivity index (χ2n) is 7.76. The van der Waals surface area contributed by atoms with E-state index in [2.05, 4.69) is 17.4 Å². The Bertz CT molecular complexity index is 738. The summed E-state index contributed by atoms with van der Waals surface area (Å²) in [5.74, 6) is 0.994. The fraction of sp³-hybridized carbons (Fsp3) is 0.462. The van der Waals surface area contributed by atoms with Gasteiger partial charge in [0.25, 0.3) is 0 Å². The van der Waals surface area contributed by atoms with Crippen molar-refractivity contribution in [2.24, 2.45) is 0 Å². The molecule has 162 valence electrons. The normalized spacial score (nSPS) is 10.6. The lowest BCUT2D eigenvalue weighted by atomic mass is 10.0. The number of ether oxygens (including phenoxy) is 1. The van der Waals surface area contributed by atoms with E-state index in [0.29, 0.717) is 0 Å². The molecule has 4 heteroatoms. The highest BCUT2D eigenvalue weighted by atomic mass is 16.5. The Kier molecular flexibility index (Phi) is 11.3. The number of unbranched alkanes of at least 4 members (excludes halogenated alkanes) is 8. The Morgan fingerprint density at radius 1 is 0.767 bits per heavy atom. The fourth-order valence-electron chi connectivity index (χ4n) is 3.46. The summed E-state index contributed by atoms with van der Waals surface area (Å²) in [6.45, 7) is 3.15. The van der Waals surface area contributed by atoms with Gasteiger partial charge < -0.3 is 10.1 Å². The maximum absolute atomic E-state index is 11.4. The predicted octanol–water partition coefficient (Wildman–Crippen LogP) is 6.19. The largest absolute Gasteiger partial charge is 0.494 e. The summed E-state index contributed by atoms with van der Waals surface area (Å²) in [5.41, 5.74) is 2.96. The number of carbonyl (C=O) groups excluding carboxylic acids is 2.